The number of anilines is 1. The molecule has 0 saturated heterocycles. The molecular formula is C14H21N5. The molecule has 0 amide bonds. The average Bonchev–Trinajstić information content (AvgIpc) is 2.68. The van der Waals surface area contributed by atoms with Crippen molar-refractivity contribution < 1.29 is 0 Å². The maximum atomic E-state index is 4.52. The van der Waals surface area contributed by atoms with Gasteiger partial charge in [0.25, 0.3) is 0 Å². The second-order valence-electron chi connectivity index (χ2n) is 5.10. The number of fused-ring (bicyclic) bond motifs is 1. The molecule has 19 heavy (non-hydrogen) atoms. The fraction of sp³-hybridized carbons (Fsp3) is 0.429. The summed E-state index contributed by atoms with van der Waals surface area (Å²) < 4.78 is 0. The van der Waals surface area contributed by atoms with Gasteiger partial charge in [0, 0.05) is 12.1 Å². The fourth-order valence-corrected chi connectivity index (χ4v) is 1.76. The van der Waals surface area contributed by atoms with Gasteiger partial charge in [0.05, 0.1) is 11.0 Å². The Morgan fingerprint density at radius 2 is 1.95 bits per heavy atom. The minimum Gasteiger partial charge on any atom is -0.354 e. The van der Waals surface area contributed by atoms with E-state index in [1.807, 2.05) is 38.1 Å². The van der Waals surface area contributed by atoms with E-state index in [2.05, 4.69) is 39.4 Å². The lowest BCUT2D eigenvalue weighted by atomic mass is 10.3. The number of rotatable bonds is 3. The number of imidazole rings is 1. The lowest BCUT2D eigenvalue weighted by Crippen LogP contribution is -2.36. The molecular weight excluding hydrogens is 238 g/mol. The first-order chi connectivity index (χ1) is 9.04. The molecule has 102 valence electrons. The Morgan fingerprint density at radius 1 is 1.21 bits per heavy atom. The quantitative estimate of drug-likeness (QED) is 0.586. The van der Waals surface area contributed by atoms with Gasteiger partial charge in [-0.15, -0.1) is 0 Å². The molecule has 0 saturated carbocycles. The third-order valence-electron chi connectivity index (χ3n) is 2.44. The van der Waals surface area contributed by atoms with Crippen LogP contribution in [0.1, 0.15) is 27.7 Å². The van der Waals surface area contributed by atoms with Gasteiger partial charge in [-0.3, -0.25) is 10.3 Å². The second kappa shape index (κ2) is 5.73. The maximum absolute atomic E-state index is 4.52. The van der Waals surface area contributed by atoms with Gasteiger partial charge in [-0.2, -0.15) is 0 Å². The summed E-state index contributed by atoms with van der Waals surface area (Å²) in [7, 11) is 0. The summed E-state index contributed by atoms with van der Waals surface area (Å²) in [6.07, 6.45) is 0. The zero-order valence-corrected chi connectivity index (χ0v) is 11.9. The third kappa shape index (κ3) is 3.71. The molecule has 0 aliphatic rings. The number of aromatic nitrogens is 2. The van der Waals surface area contributed by atoms with Gasteiger partial charge in [-0.25, -0.2) is 4.98 Å². The van der Waals surface area contributed by atoms with Crippen LogP contribution in [0.5, 0.6) is 0 Å². The maximum Gasteiger partial charge on any atom is 0.208 e. The van der Waals surface area contributed by atoms with E-state index in [0.29, 0.717) is 12.0 Å². The molecule has 0 radical (unpaired) electrons. The molecule has 5 nitrogen and oxygen atoms in total. The summed E-state index contributed by atoms with van der Waals surface area (Å²) in [6, 6.07) is 8.48. The number of nitrogens with zero attached hydrogens (tertiary/aromatic N) is 2. The van der Waals surface area contributed by atoms with Gasteiger partial charge in [0.15, 0.2) is 5.96 Å². The highest BCUT2D eigenvalue weighted by molar-refractivity contribution is 5.93. The van der Waals surface area contributed by atoms with Crippen LogP contribution in [0.4, 0.5) is 5.95 Å². The number of aliphatic imine (C=N–C) groups is 1. The molecule has 2 aromatic rings. The normalized spacial score (nSPS) is 12.4. The summed E-state index contributed by atoms with van der Waals surface area (Å²) in [5, 5.41) is 6.49. The Labute approximate surface area is 113 Å². The van der Waals surface area contributed by atoms with Gasteiger partial charge in [0.2, 0.25) is 5.95 Å². The highest BCUT2D eigenvalue weighted by atomic mass is 15.2. The van der Waals surface area contributed by atoms with Gasteiger partial charge in [-0.1, -0.05) is 12.1 Å². The van der Waals surface area contributed by atoms with E-state index in [-0.39, 0.29) is 6.04 Å². The van der Waals surface area contributed by atoms with Crippen molar-refractivity contribution in [3.05, 3.63) is 24.3 Å². The molecule has 0 spiro atoms. The number of hydrogen-bond acceptors (Lipinski definition) is 2. The Kier molecular flexibility index (Phi) is 4.04. The summed E-state index contributed by atoms with van der Waals surface area (Å²) in [5.74, 6) is 1.44. The van der Waals surface area contributed by atoms with Crippen LogP contribution >= 0.6 is 0 Å². The molecule has 0 fully saturated rings. The zero-order valence-electron chi connectivity index (χ0n) is 11.9. The Balaban J connectivity index is 2.20. The van der Waals surface area contributed by atoms with Crippen LogP contribution < -0.4 is 10.6 Å². The topological polar surface area (TPSA) is 65.1 Å². The van der Waals surface area contributed by atoms with E-state index in [0.717, 1.165) is 17.0 Å². The minimum atomic E-state index is 0.220. The molecule has 5 heteroatoms. The molecule has 1 aromatic carbocycles. The second-order valence-corrected chi connectivity index (χ2v) is 5.10. The predicted molar refractivity (Wildman–Crippen MR) is 80.6 cm³/mol. The van der Waals surface area contributed by atoms with E-state index in [9.17, 15) is 0 Å². The molecule has 0 aliphatic heterocycles. The van der Waals surface area contributed by atoms with E-state index in [1.165, 1.54) is 0 Å². The van der Waals surface area contributed by atoms with Crippen molar-refractivity contribution in [3.63, 3.8) is 0 Å². The van der Waals surface area contributed by atoms with E-state index < -0.39 is 0 Å². The average molecular weight is 259 g/mol. The lowest BCUT2D eigenvalue weighted by Gasteiger charge is -2.14. The molecule has 2 rings (SSSR count). The number of guanidine groups is 1. The molecule has 0 aliphatic carbocycles. The molecule has 1 heterocycles. The summed E-state index contributed by atoms with van der Waals surface area (Å²) in [5.41, 5.74) is 1.96. The smallest absolute Gasteiger partial charge is 0.208 e. The minimum absolute atomic E-state index is 0.220. The molecule has 0 bridgehead atoms. The molecule has 3 N–H and O–H groups in total. The Bertz CT molecular complexity index is 535. The van der Waals surface area contributed by atoms with Crippen molar-refractivity contribution in [1.29, 1.82) is 0 Å². The van der Waals surface area contributed by atoms with Crippen molar-refractivity contribution in [2.45, 2.75) is 39.8 Å². The number of H-pyrrole nitrogens is 1. The van der Waals surface area contributed by atoms with Crippen molar-refractivity contribution >= 4 is 22.9 Å². The van der Waals surface area contributed by atoms with Crippen LogP contribution in [-0.4, -0.2) is 28.0 Å². The van der Waals surface area contributed by atoms with Crippen LogP contribution in [0.2, 0.25) is 0 Å². The van der Waals surface area contributed by atoms with Crippen molar-refractivity contribution in [2.24, 2.45) is 4.99 Å². The van der Waals surface area contributed by atoms with Crippen LogP contribution in [0, 0.1) is 0 Å². The van der Waals surface area contributed by atoms with Crippen LogP contribution in [0.15, 0.2) is 29.3 Å². The zero-order chi connectivity index (χ0) is 13.8. The van der Waals surface area contributed by atoms with E-state index in [4.69, 9.17) is 0 Å². The van der Waals surface area contributed by atoms with E-state index in [1.54, 1.807) is 0 Å². The summed E-state index contributed by atoms with van der Waals surface area (Å²) >= 11 is 0. The predicted octanol–water partition coefficient (Wildman–Crippen LogP) is 2.74. The SMILES string of the molecule is CC(C)N=C(Nc1nc2ccccc2[nH]1)NC(C)C. The molecule has 0 atom stereocenters. The van der Waals surface area contributed by atoms with Gasteiger partial charge in [-0.05, 0) is 39.8 Å². The monoisotopic (exact) mass is 259 g/mol. The van der Waals surface area contributed by atoms with E-state index >= 15 is 0 Å². The number of nitrogens with one attached hydrogen (secondary N) is 3. The van der Waals surface area contributed by atoms with Crippen LogP contribution in [0.3, 0.4) is 0 Å². The Hall–Kier alpha value is -2.04. The first kappa shape index (κ1) is 13.4. The van der Waals surface area contributed by atoms with Crippen LogP contribution in [-0.2, 0) is 0 Å². The first-order valence-corrected chi connectivity index (χ1v) is 6.60. The fourth-order valence-electron chi connectivity index (χ4n) is 1.76. The number of hydrogen-bond donors (Lipinski definition) is 3. The number of para-hydroxylation sites is 2. The highest BCUT2D eigenvalue weighted by Crippen LogP contribution is 2.13. The summed E-state index contributed by atoms with van der Waals surface area (Å²) in [6.45, 7) is 8.25. The van der Waals surface area contributed by atoms with Gasteiger partial charge < -0.3 is 10.3 Å². The number of benzene rings is 1. The number of aromatic amines is 1. The molecule has 1 aromatic heterocycles. The largest absolute Gasteiger partial charge is 0.354 e. The Morgan fingerprint density at radius 3 is 2.58 bits per heavy atom. The molecule has 0 unspecified atom stereocenters. The highest BCUT2D eigenvalue weighted by Gasteiger charge is 2.06. The standard InChI is InChI=1S/C14H21N5/c1-9(2)15-13(16-10(3)4)19-14-17-11-7-5-6-8-12(11)18-14/h5-10H,1-4H3,(H3,15,16,17,18,19). The van der Waals surface area contributed by atoms with Crippen molar-refractivity contribution in [3.8, 4) is 0 Å². The van der Waals surface area contributed by atoms with Crippen molar-refractivity contribution in [1.82, 2.24) is 15.3 Å². The van der Waals surface area contributed by atoms with Gasteiger partial charge in [0.1, 0.15) is 0 Å². The summed E-state index contributed by atoms with van der Waals surface area (Å²) in [4.78, 5) is 12.2. The third-order valence-corrected chi connectivity index (χ3v) is 2.44. The first-order valence-electron chi connectivity index (χ1n) is 6.60. The van der Waals surface area contributed by atoms with Crippen LogP contribution in [0.25, 0.3) is 11.0 Å². The van der Waals surface area contributed by atoms with Gasteiger partial charge >= 0.3 is 0 Å². The van der Waals surface area contributed by atoms with Crippen molar-refractivity contribution in [2.75, 3.05) is 5.32 Å². The lowest BCUT2D eigenvalue weighted by molar-refractivity contribution is 0.717.